The summed E-state index contributed by atoms with van der Waals surface area (Å²) in [5.41, 5.74) is -0.0637. The highest BCUT2D eigenvalue weighted by atomic mass is 16.7. The van der Waals surface area contributed by atoms with Gasteiger partial charge in [-0.15, -0.1) is 0 Å². The first kappa shape index (κ1) is 22.2. The van der Waals surface area contributed by atoms with Crippen LogP contribution < -0.4 is 10.6 Å². The van der Waals surface area contributed by atoms with Gasteiger partial charge in [-0.3, -0.25) is 14.4 Å². The van der Waals surface area contributed by atoms with Crippen LogP contribution in [0.2, 0.25) is 0 Å². The van der Waals surface area contributed by atoms with Gasteiger partial charge < -0.3 is 28.8 Å². The molecular weight excluding hydrogens is 414 g/mol. The molecule has 1 N–H and O–H groups in total. The molecule has 31 heavy (non-hydrogen) atoms. The largest absolute Gasteiger partial charge is 0.463 e. The summed E-state index contributed by atoms with van der Waals surface area (Å²) in [6.45, 7) is 3.28. The number of esters is 3. The Balaban J connectivity index is 2.11. The van der Waals surface area contributed by atoms with E-state index in [1.807, 2.05) is 0 Å². The van der Waals surface area contributed by atoms with E-state index in [0.29, 0.717) is 11.3 Å². The lowest BCUT2D eigenvalue weighted by Crippen LogP contribution is -2.41. The molecule has 13 heteroatoms. The number of hydrogen-bond donors (Lipinski definition) is 1. The van der Waals surface area contributed by atoms with Crippen LogP contribution in [-0.2, 0) is 33.3 Å². The fourth-order valence-corrected chi connectivity index (χ4v) is 3.40. The summed E-state index contributed by atoms with van der Waals surface area (Å²) in [5, 5.41) is 0. The summed E-state index contributed by atoms with van der Waals surface area (Å²) in [7, 11) is 3.49. The van der Waals surface area contributed by atoms with E-state index in [1.165, 1.54) is 27.1 Å². The fourth-order valence-electron chi connectivity index (χ4n) is 3.40. The Morgan fingerprint density at radius 2 is 1.74 bits per heavy atom. The molecule has 168 valence electrons. The van der Waals surface area contributed by atoms with E-state index in [0.717, 1.165) is 4.57 Å². The van der Waals surface area contributed by atoms with E-state index in [2.05, 4.69) is 15.0 Å². The number of anilines is 1. The van der Waals surface area contributed by atoms with Gasteiger partial charge in [0.05, 0.1) is 0 Å². The van der Waals surface area contributed by atoms with Gasteiger partial charge in [0.15, 0.2) is 29.9 Å². The number of aromatic nitrogens is 4. The smallest absolute Gasteiger partial charge is 0.330 e. The zero-order valence-corrected chi connectivity index (χ0v) is 17.6. The number of aromatic amines is 1. The Morgan fingerprint density at radius 3 is 2.32 bits per heavy atom. The molecule has 13 nitrogen and oxygen atoms in total. The van der Waals surface area contributed by atoms with Crippen LogP contribution in [0.3, 0.4) is 0 Å². The van der Waals surface area contributed by atoms with Gasteiger partial charge in [0.1, 0.15) is 24.6 Å². The summed E-state index contributed by atoms with van der Waals surface area (Å²) in [5.74, 6) is -1.47. The van der Waals surface area contributed by atoms with Crippen LogP contribution in [0.5, 0.6) is 0 Å². The minimum atomic E-state index is -1.21. The van der Waals surface area contributed by atoms with Gasteiger partial charge in [-0.25, -0.2) is 19.3 Å². The SMILES string of the molecule is CC(=O)OC[C@H]1O[C@@H](n2c(=O)[nH]c3c(N(C)C)ncnc32)[C@H](OC(C)=O)[C@@H]1OC(C)=O. The Labute approximate surface area is 176 Å². The van der Waals surface area contributed by atoms with E-state index < -0.39 is 48.1 Å². The van der Waals surface area contributed by atoms with E-state index in [9.17, 15) is 19.2 Å². The minimum Gasteiger partial charge on any atom is -0.463 e. The third-order valence-corrected chi connectivity index (χ3v) is 4.50. The fraction of sp³-hybridized carbons (Fsp3) is 0.556. The summed E-state index contributed by atoms with van der Waals surface area (Å²) >= 11 is 0. The molecule has 0 saturated carbocycles. The first-order chi connectivity index (χ1) is 14.6. The van der Waals surface area contributed by atoms with E-state index in [-0.39, 0.29) is 12.3 Å². The van der Waals surface area contributed by atoms with Crippen molar-refractivity contribution in [2.75, 3.05) is 25.6 Å². The molecule has 2 aromatic rings. The second-order valence-electron chi connectivity index (χ2n) is 7.11. The summed E-state index contributed by atoms with van der Waals surface area (Å²) < 4.78 is 22.7. The molecule has 1 fully saturated rings. The molecule has 0 radical (unpaired) electrons. The van der Waals surface area contributed by atoms with Gasteiger partial charge >= 0.3 is 23.6 Å². The number of nitrogens with one attached hydrogen (secondary N) is 1. The Kier molecular flexibility index (Phi) is 6.24. The van der Waals surface area contributed by atoms with Crippen molar-refractivity contribution in [3.63, 3.8) is 0 Å². The Morgan fingerprint density at radius 1 is 1.10 bits per heavy atom. The second kappa shape index (κ2) is 8.71. The number of fused-ring (bicyclic) bond motifs is 1. The van der Waals surface area contributed by atoms with Gasteiger partial charge in [0.2, 0.25) is 0 Å². The third kappa shape index (κ3) is 4.50. The van der Waals surface area contributed by atoms with Crippen molar-refractivity contribution in [1.82, 2.24) is 19.5 Å². The van der Waals surface area contributed by atoms with E-state index in [1.54, 1.807) is 19.0 Å². The zero-order chi connectivity index (χ0) is 22.9. The van der Waals surface area contributed by atoms with Gasteiger partial charge in [0.25, 0.3) is 0 Å². The molecule has 3 rings (SSSR count). The van der Waals surface area contributed by atoms with Crippen molar-refractivity contribution in [3.05, 3.63) is 16.8 Å². The molecule has 1 saturated heterocycles. The number of hydrogen-bond acceptors (Lipinski definition) is 11. The lowest BCUT2D eigenvalue weighted by molar-refractivity contribution is -0.166. The monoisotopic (exact) mass is 437 g/mol. The number of carbonyl (C=O) groups is 3. The topological polar surface area (TPSA) is 155 Å². The highest BCUT2D eigenvalue weighted by Gasteiger charge is 2.51. The quantitative estimate of drug-likeness (QED) is 0.460. The molecule has 0 amide bonds. The molecule has 3 heterocycles. The number of nitrogens with zero attached hydrogens (tertiary/aromatic N) is 4. The van der Waals surface area contributed by atoms with Crippen molar-refractivity contribution in [3.8, 4) is 0 Å². The average Bonchev–Trinajstić information content (AvgIpc) is 3.15. The predicted octanol–water partition coefficient (Wildman–Crippen LogP) is -0.490. The van der Waals surface area contributed by atoms with Crippen LogP contribution in [0.4, 0.5) is 5.82 Å². The summed E-state index contributed by atoms with van der Waals surface area (Å²) in [4.78, 5) is 60.3. The molecular formula is C18H23N5O8. The molecule has 0 aromatic carbocycles. The van der Waals surface area contributed by atoms with Gasteiger partial charge in [0, 0.05) is 34.9 Å². The van der Waals surface area contributed by atoms with Gasteiger partial charge in [-0.05, 0) is 0 Å². The Bertz CT molecular complexity index is 1060. The highest BCUT2D eigenvalue weighted by molar-refractivity contribution is 5.83. The van der Waals surface area contributed by atoms with Crippen LogP contribution in [0.25, 0.3) is 11.2 Å². The molecule has 4 atom stereocenters. The normalized spacial score (nSPS) is 22.9. The number of rotatable bonds is 6. The number of ether oxygens (including phenoxy) is 4. The van der Waals surface area contributed by atoms with Crippen molar-refractivity contribution < 1.29 is 33.3 Å². The zero-order valence-electron chi connectivity index (χ0n) is 17.6. The molecule has 0 unspecified atom stereocenters. The molecule has 2 aromatic heterocycles. The number of H-pyrrole nitrogens is 1. The highest BCUT2D eigenvalue weighted by Crippen LogP contribution is 2.35. The molecule has 1 aliphatic heterocycles. The van der Waals surface area contributed by atoms with E-state index in [4.69, 9.17) is 18.9 Å². The maximum absolute atomic E-state index is 12.8. The number of carbonyl (C=O) groups excluding carboxylic acids is 3. The van der Waals surface area contributed by atoms with Crippen LogP contribution in [0.1, 0.15) is 27.0 Å². The predicted molar refractivity (Wildman–Crippen MR) is 104 cm³/mol. The van der Waals surface area contributed by atoms with Crippen LogP contribution in [-0.4, -0.2) is 76.4 Å². The number of imidazole rings is 1. The van der Waals surface area contributed by atoms with Gasteiger partial charge in [-0.2, -0.15) is 0 Å². The Hall–Kier alpha value is -3.48. The third-order valence-electron chi connectivity index (χ3n) is 4.50. The average molecular weight is 437 g/mol. The molecule has 1 aliphatic rings. The molecule has 0 aliphatic carbocycles. The van der Waals surface area contributed by atoms with Crippen LogP contribution in [0, 0.1) is 0 Å². The summed E-state index contributed by atoms with van der Waals surface area (Å²) in [6, 6.07) is 0. The maximum atomic E-state index is 12.8. The standard InChI is InChI=1S/C18H23N5O8/c1-8(24)28-6-11-13(29-9(2)25)14(30-10(3)26)17(31-11)23-16-12(21-18(23)27)15(22(4)5)19-7-20-16/h7,11,13-14,17H,6H2,1-5H3,(H,21,27)/t11-,13-,14-,17-/m1/s1. The van der Waals surface area contributed by atoms with Crippen LogP contribution in [0.15, 0.2) is 11.1 Å². The minimum absolute atomic E-state index is 0.195. The maximum Gasteiger partial charge on any atom is 0.330 e. The second-order valence-corrected chi connectivity index (χ2v) is 7.11. The van der Waals surface area contributed by atoms with Crippen molar-refractivity contribution >= 4 is 34.9 Å². The van der Waals surface area contributed by atoms with Crippen LogP contribution >= 0.6 is 0 Å². The first-order valence-electron chi connectivity index (χ1n) is 9.36. The molecule has 0 spiro atoms. The lowest BCUT2D eigenvalue weighted by atomic mass is 10.1. The van der Waals surface area contributed by atoms with Gasteiger partial charge in [-0.1, -0.05) is 0 Å². The first-order valence-corrected chi connectivity index (χ1v) is 9.36. The lowest BCUT2D eigenvalue weighted by Gasteiger charge is -2.23. The summed E-state index contributed by atoms with van der Waals surface area (Å²) in [6.07, 6.45) is -3.25. The van der Waals surface area contributed by atoms with Crippen molar-refractivity contribution in [2.24, 2.45) is 0 Å². The molecule has 0 bridgehead atoms. The van der Waals surface area contributed by atoms with E-state index >= 15 is 0 Å². The van der Waals surface area contributed by atoms with Crippen molar-refractivity contribution in [1.29, 1.82) is 0 Å². The van der Waals surface area contributed by atoms with Crippen molar-refractivity contribution in [2.45, 2.75) is 45.3 Å².